The average molecular weight is 499 g/mol. The molecule has 4 nitrogen and oxygen atoms in total. The average Bonchev–Trinajstić information content (AvgIpc) is 2.85. The molecule has 0 aliphatic heterocycles. The van der Waals surface area contributed by atoms with Crippen LogP contribution in [0.4, 0.5) is 4.39 Å². The molecule has 5 heteroatoms. The van der Waals surface area contributed by atoms with Crippen LogP contribution in [0, 0.1) is 5.82 Å². The van der Waals surface area contributed by atoms with E-state index in [1.165, 1.54) is 57.1 Å². The van der Waals surface area contributed by atoms with Gasteiger partial charge >= 0.3 is 0 Å². The van der Waals surface area contributed by atoms with Gasteiger partial charge in [-0.3, -0.25) is 9.69 Å². The minimum absolute atomic E-state index is 0.152. The largest absolute Gasteiger partial charge is 0.486 e. The molecule has 0 amide bonds. The number of ether oxygens (including phenoxy) is 1. The third kappa shape index (κ3) is 15.5. The van der Waals surface area contributed by atoms with Crippen LogP contribution in [0.2, 0.25) is 0 Å². The number of rotatable bonds is 22. The molecule has 0 saturated heterocycles. The fraction of sp³-hybridized carbons (Fsp3) is 0.516. The first-order valence-corrected chi connectivity index (χ1v) is 13.3. The monoisotopic (exact) mass is 498 g/mol. The summed E-state index contributed by atoms with van der Waals surface area (Å²) in [5, 5.41) is 0. The molecule has 0 bridgehead atoms. The molecule has 0 heterocycles. The lowest BCUT2D eigenvalue weighted by atomic mass is 10.1. The number of hydrogen-bond donors (Lipinski definition) is 0. The summed E-state index contributed by atoms with van der Waals surface area (Å²) in [5.41, 5.74) is 0.341. The fourth-order valence-electron chi connectivity index (χ4n) is 3.83. The van der Waals surface area contributed by atoms with Crippen LogP contribution in [0.25, 0.3) is 0 Å². The van der Waals surface area contributed by atoms with Crippen molar-refractivity contribution in [1.82, 2.24) is 9.80 Å². The predicted octanol–water partition coefficient (Wildman–Crippen LogP) is 7.25. The van der Waals surface area contributed by atoms with Crippen molar-refractivity contribution in [2.45, 2.75) is 57.8 Å². The van der Waals surface area contributed by atoms with Gasteiger partial charge in [-0.05, 0) is 64.2 Å². The van der Waals surface area contributed by atoms with Gasteiger partial charge in [0.2, 0.25) is 0 Å². The number of ketones is 1. The van der Waals surface area contributed by atoms with Gasteiger partial charge in [-0.15, -0.1) is 13.2 Å². The van der Waals surface area contributed by atoms with Crippen molar-refractivity contribution in [1.29, 1.82) is 0 Å². The normalized spacial score (nSPS) is 11.7. The van der Waals surface area contributed by atoms with Gasteiger partial charge in [0.25, 0.3) is 0 Å². The van der Waals surface area contributed by atoms with E-state index in [1.807, 2.05) is 37.4 Å². The zero-order valence-corrected chi connectivity index (χ0v) is 22.6. The van der Waals surface area contributed by atoms with Crippen LogP contribution < -0.4 is 4.74 Å². The van der Waals surface area contributed by atoms with Crippen molar-refractivity contribution >= 4 is 5.78 Å². The molecule has 0 radical (unpaired) electrons. The van der Waals surface area contributed by atoms with Gasteiger partial charge in [0.15, 0.2) is 17.3 Å². The third-order valence-corrected chi connectivity index (χ3v) is 5.95. The molecule has 0 unspecified atom stereocenters. The molecule has 200 valence electrons. The van der Waals surface area contributed by atoms with Crippen molar-refractivity contribution in [2.75, 3.05) is 46.9 Å². The highest BCUT2D eigenvalue weighted by atomic mass is 19.1. The van der Waals surface area contributed by atoms with Gasteiger partial charge in [-0.25, -0.2) is 4.39 Å². The molecular formula is C31H47FN2O2. The first-order valence-electron chi connectivity index (χ1n) is 13.3. The highest BCUT2D eigenvalue weighted by molar-refractivity contribution is 6.04. The van der Waals surface area contributed by atoms with Crippen LogP contribution in [0.3, 0.4) is 0 Å². The van der Waals surface area contributed by atoms with Crippen LogP contribution in [0.1, 0.15) is 68.1 Å². The number of unbranched alkanes of at least 4 members (excludes halogenated alkanes) is 8. The molecule has 0 aromatic heterocycles. The maximum Gasteiger partial charge on any atom is 0.185 e. The second-order valence-corrected chi connectivity index (χ2v) is 9.37. The number of carbonyl (C=O) groups excluding carboxylic acids is 1. The van der Waals surface area contributed by atoms with E-state index < -0.39 is 5.82 Å². The lowest BCUT2D eigenvalue weighted by Gasteiger charge is -2.13. The van der Waals surface area contributed by atoms with E-state index in [1.54, 1.807) is 12.1 Å². The minimum Gasteiger partial charge on any atom is -0.486 e. The molecule has 1 aromatic rings. The summed E-state index contributed by atoms with van der Waals surface area (Å²) in [5.74, 6) is -0.542. The Morgan fingerprint density at radius 3 is 2.17 bits per heavy atom. The van der Waals surface area contributed by atoms with E-state index in [9.17, 15) is 9.18 Å². The lowest BCUT2D eigenvalue weighted by molar-refractivity contribution is 0.104. The van der Waals surface area contributed by atoms with Crippen LogP contribution in [-0.4, -0.2) is 62.5 Å². The summed E-state index contributed by atoms with van der Waals surface area (Å²) in [6.07, 6.45) is 21.9. The molecule has 0 N–H and O–H groups in total. The zero-order valence-electron chi connectivity index (χ0n) is 22.6. The second kappa shape index (κ2) is 20.7. The van der Waals surface area contributed by atoms with Crippen molar-refractivity contribution in [3.8, 4) is 5.75 Å². The molecule has 0 fully saturated rings. The smallest absolute Gasteiger partial charge is 0.185 e. The van der Waals surface area contributed by atoms with Crippen LogP contribution in [-0.2, 0) is 0 Å². The first-order chi connectivity index (χ1) is 17.5. The molecule has 0 spiro atoms. The molecule has 0 saturated carbocycles. The Bertz CT molecular complexity index is 819. The quantitative estimate of drug-likeness (QED) is 0.0730. The summed E-state index contributed by atoms with van der Waals surface area (Å²) in [6.45, 7) is 11.4. The molecule has 36 heavy (non-hydrogen) atoms. The fourth-order valence-corrected chi connectivity index (χ4v) is 3.83. The summed E-state index contributed by atoms with van der Waals surface area (Å²) in [7, 11) is 4.13. The second-order valence-electron chi connectivity index (χ2n) is 9.37. The Morgan fingerprint density at radius 1 is 0.861 bits per heavy atom. The summed E-state index contributed by atoms with van der Waals surface area (Å²) < 4.78 is 19.8. The Labute approximate surface area is 219 Å². The van der Waals surface area contributed by atoms with Gasteiger partial charge in [-0.1, -0.05) is 68.9 Å². The van der Waals surface area contributed by atoms with E-state index in [-0.39, 0.29) is 18.1 Å². The number of likely N-dealkylation sites (N-methyl/N-ethyl adjacent to an activating group) is 2. The summed E-state index contributed by atoms with van der Waals surface area (Å²) >= 11 is 0. The van der Waals surface area contributed by atoms with E-state index in [2.05, 4.69) is 30.0 Å². The highest BCUT2D eigenvalue weighted by Crippen LogP contribution is 2.19. The topological polar surface area (TPSA) is 32.8 Å². The van der Waals surface area contributed by atoms with E-state index in [0.717, 1.165) is 39.0 Å². The lowest BCUT2D eigenvalue weighted by Crippen LogP contribution is -2.19. The molecule has 1 rings (SSSR count). The highest BCUT2D eigenvalue weighted by Gasteiger charge is 2.08. The number of nitrogens with zero attached hydrogens (tertiary/aromatic N) is 2. The maximum absolute atomic E-state index is 14.3. The number of halogens is 1. The number of benzene rings is 1. The number of allylic oxidation sites excluding steroid dienone is 2. The molecule has 0 aliphatic rings. The summed E-state index contributed by atoms with van der Waals surface area (Å²) in [4.78, 5) is 16.7. The first kappa shape index (κ1) is 31.5. The van der Waals surface area contributed by atoms with Crippen molar-refractivity contribution in [3.05, 3.63) is 79.2 Å². The molecule has 0 aliphatic carbocycles. The van der Waals surface area contributed by atoms with E-state index >= 15 is 0 Å². The van der Waals surface area contributed by atoms with Crippen LogP contribution in [0.5, 0.6) is 5.75 Å². The van der Waals surface area contributed by atoms with E-state index in [0.29, 0.717) is 5.56 Å². The standard InChI is InChI=1S/C31H47FN2O2/c1-5-22-33(3)24-16-14-12-10-8-7-9-11-13-15-19-30(35)28-20-21-31(29(32)27-28)36-26-18-17-25-34(4)23-6-2/h5-6,15,17-21,27H,1-2,7-14,16,22-26H2,3-4H3. The van der Waals surface area contributed by atoms with Gasteiger partial charge < -0.3 is 9.64 Å². The predicted molar refractivity (Wildman–Crippen MR) is 151 cm³/mol. The van der Waals surface area contributed by atoms with Crippen molar-refractivity contribution in [3.63, 3.8) is 0 Å². The third-order valence-electron chi connectivity index (χ3n) is 5.95. The van der Waals surface area contributed by atoms with Crippen molar-refractivity contribution < 1.29 is 13.9 Å². The minimum atomic E-state index is -0.518. The van der Waals surface area contributed by atoms with Crippen LogP contribution >= 0.6 is 0 Å². The van der Waals surface area contributed by atoms with Crippen molar-refractivity contribution in [2.24, 2.45) is 0 Å². The summed E-state index contributed by atoms with van der Waals surface area (Å²) in [6, 6.07) is 4.39. The Balaban J connectivity index is 2.16. The molecule has 0 atom stereocenters. The molecule has 1 aromatic carbocycles. The maximum atomic E-state index is 14.3. The van der Waals surface area contributed by atoms with Crippen LogP contribution in [0.15, 0.2) is 67.8 Å². The Morgan fingerprint density at radius 2 is 1.50 bits per heavy atom. The molecular weight excluding hydrogens is 451 g/mol. The number of hydrogen-bond acceptors (Lipinski definition) is 4. The Hall–Kier alpha value is -2.50. The van der Waals surface area contributed by atoms with Gasteiger partial charge in [0.1, 0.15) is 6.61 Å². The zero-order chi connectivity index (χ0) is 26.4. The van der Waals surface area contributed by atoms with Gasteiger partial charge in [0.05, 0.1) is 0 Å². The SMILES string of the molecule is C=CCN(C)CC=CCOc1ccc(C(=O)C=CCCCCCCCCCCN(C)CC=C)cc1F. The van der Waals surface area contributed by atoms with E-state index in [4.69, 9.17) is 4.74 Å². The van der Waals surface area contributed by atoms with Gasteiger partial charge in [-0.2, -0.15) is 0 Å². The van der Waals surface area contributed by atoms with Gasteiger partial charge in [0, 0.05) is 25.2 Å². The Kier molecular flexibility index (Phi) is 18.1. The number of carbonyl (C=O) groups is 1.